The maximum absolute atomic E-state index is 13.3. The van der Waals surface area contributed by atoms with Crippen LogP contribution in [-0.2, 0) is 4.79 Å². The van der Waals surface area contributed by atoms with E-state index in [4.69, 9.17) is 0 Å². The molecule has 35 heavy (non-hydrogen) atoms. The van der Waals surface area contributed by atoms with Crippen LogP contribution in [0.1, 0.15) is 109 Å². The molecule has 6 bridgehead atoms. The summed E-state index contributed by atoms with van der Waals surface area (Å²) in [6.45, 7) is 6.01. The van der Waals surface area contributed by atoms with E-state index in [1.54, 1.807) is 5.57 Å². The molecule has 6 atom stereocenters. The number of Topliss-reactive ketones (excluding diaryl/α,β-unsaturated/α-hetero) is 1. The lowest BCUT2D eigenvalue weighted by atomic mass is 9.64. The molecule has 5 rings (SSSR count). The average molecular weight is 481 g/mol. The van der Waals surface area contributed by atoms with Crippen LogP contribution in [0.3, 0.4) is 0 Å². The predicted octanol–water partition coefficient (Wildman–Crippen LogP) is 7.18. The molecule has 0 saturated carbocycles. The molecule has 0 spiro atoms. The number of allylic oxidation sites excluding steroid dienone is 2. The average Bonchev–Trinajstić information content (AvgIpc) is 2.87. The third-order valence-electron chi connectivity index (χ3n) is 10.2. The maximum atomic E-state index is 13.3. The molecule has 4 aliphatic heterocycles. The van der Waals surface area contributed by atoms with E-state index >= 15 is 0 Å². The standard InChI is InChI=1S/C32H52N2O/c35-31-19-22-34-21-18-28-27-23-26-15-11-8-9-13-17-30(31)32(34)29(28)16-12-7-5-3-1-2-4-6-10-14-20-33(24-26)25-27/h4,6,23,27-30,32H,1-3,5,7-22,24-25H2/b6-4-/t27?,28-,29-,30-,32+/m1/s1. The molecule has 0 radical (unpaired) electrons. The lowest BCUT2D eigenvalue weighted by Gasteiger charge is -2.53. The number of carbonyl (C=O) groups is 1. The first-order chi connectivity index (χ1) is 17.3. The van der Waals surface area contributed by atoms with E-state index in [-0.39, 0.29) is 0 Å². The van der Waals surface area contributed by atoms with Crippen molar-refractivity contribution in [3.63, 3.8) is 0 Å². The van der Waals surface area contributed by atoms with Gasteiger partial charge in [0, 0.05) is 38.0 Å². The number of carbonyl (C=O) groups excluding carboxylic acids is 1. The summed E-state index contributed by atoms with van der Waals surface area (Å²) >= 11 is 0. The molecular formula is C32H52N2O. The third-order valence-corrected chi connectivity index (χ3v) is 10.2. The molecule has 0 aromatic rings. The largest absolute Gasteiger partial charge is 0.299 e. The molecule has 1 aliphatic carbocycles. The highest BCUT2D eigenvalue weighted by Crippen LogP contribution is 2.45. The first-order valence-electron chi connectivity index (χ1n) is 15.6. The third kappa shape index (κ3) is 6.69. The fraction of sp³-hybridized carbons (Fsp3) is 0.844. The van der Waals surface area contributed by atoms with Crippen LogP contribution >= 0.6 is 0 Å². The summed E-state index contributed by atoms with van der Waals surface area (Å²) in [5.74, 6) is 3.13. The molecule has 3 heteroatoms. The van der Waals surface area contributed by atoms with E-state index in [1.807, 2.05) is 0 Å². The molecule has 4 heterocycles. The minimum Gasteiger partial charge on any atom is -0.299 e. The maximum Gasteiger partial charge on any atom is 0.138 e. The van der Waals surface area contributed by atoms with Gasteiger partial charge >= 0.3 is 0 Å². The van der Waals surface area contributed by atoms with E-state index in [0.717, 1.165) is 31.2 Å². The van der Waals surface area contributed by atoms with Crippen LogP contribution in [0.4, 0.5) is 0 Å². The van der Waals surface area contributed by atoms with Gasteiger partial charge in [0.25, 0.3) is 0 Å². The van der Waals surface area contributed by atoms with Gasteiger partial charge in [-0.25, -0.2) is 0 Å². The van der Waals surface area contributed by atoms with Crippen LogP contribution in [0.25, 0.3) is 0 Å². The number of piperidine rings is 2. The summed E-state index contributed by atoms with van der Waals surface area (Å²) in [5, 5.41) is 0. The van der Waals surface area contributed by atoms with E-state index in [9.17, 15) is 4.79 Å². The smallest absolute Gasteiger partial charge is 0.138 e. The van der Waals surface area contributed by atoms with E-state index < -0.39 is 0 Å². The van der Waals surface area contributed by atoms with Crippen molar-refractivity contribution in [2.24, 2.45) is 23.7 Å². The second-order valence-corrected chi connectivity index (χ2v) is 12.6. The van der Waals surface area contributed by atoms with Crippen LogP contribution in [0.2, 0.25) is 0 Å². The van der Waals surface area contributed by atoms with Gasteiger partial charge in [0.1, 0.15) is 5.78 Å². The minimum absolute atomic E-state index is 0.320. The van der Waals surface area contributed by atoms with Gasteiger partial charge in [0.2, 0.25) is 0 Å². The Hall–Kier alpha value is -0.930. The first kappa shape index (κ1) is 25.7. The fourth-order valence-corrected chi connectivity index (χ4v) is 8.45. The van der Waals surface area contributed by atoms with Crippen molar-refractivity contribution >= 4 is 5.78 Å². The predicted molar refractivity (Wildman–Crippen MR) is 146 cm³/mol. The van der Waals surface area contributed by atoms with Crippen molar-refractivity contribution < 1.29 is 4.79 Å². The van der Waals surface area contributed by atoms with Gasteiger partial charge in [-0.15, -0.1) is 0 Å². The molecule has 2 saturated heterocycles. The van der Waals surface area contributed by atoms with Gasteiger partial charge in [-0.3, -0.25) is 14.6 Å². The van der Waals surface area contributed by atoms with E-state index in [0.29, 0.717) is 23.7 Å². The molecule has 0 aromatic heterocycles. The summed E-state index contributed by atoms with van der Waals surface area (Å²) in [6.07, 6.45) is 29.6. The highest BCUT2D eigenvalue weighted by atomic mass is 16.1. The number of hydrogen-bond donors (Lipinski definition) is 0. The molecule has 2 unspecified atom stereocenters. The van der Waals surface area contributed by atoms with Crippen LogP contribution in [-0.4, -0.2) is 54.3 Å². The van der Waals surface area contributed by atoms with Crippen molar-refractivity contribution in [2.45, 2.75) is 115 Å². The van der Waals surface area contributed by atoms with E-state index in [1.165, 1.54) is 122 Å². The number of rotatable bonds is 0. The second kappa shape index (κ2) is 13.0. The zero-order valence-electron chi connectivity index (χ0n) is 22.5. The van der Waals surface area contributed by atoms with Crippen LogP contribution in [0.15, 0.2) is 23.8 Å². The highest BCUT2D eigenvalue weighted by Gasteiger charge is 2.48. The Morgan fingerprint density at radius 1 is 0.686 bits per heavy atom. The fourth-order valence-electron chi connectivity index (χ4n) is 8.45. The van der Waals surface area contributed by atoms with Crippen molar-refractivity contribution in [3.05, 3.63) is 23.8 Å². The number of nitrogens with zero attached hydrogens (tertiary/aromatic N) is 2. The molecule has 0 aromatic carbocycles. The minimum atomic E-state index is 0.320. The summed E-state index contributed by atoms with van der Waals surface area (Å²) in [6, 6.07) is 0.536. The van der Waals surface area contributed by atoms with Gasteiger partial charge < -0.3 is 0 Å². The Kier molecular flexibility index (Phi) is 9.58. The molecule has 5 aliphatic rings. The lowest BCUT2D eigenvalue weighted by Crippen LogP contribution is -2.59. The van der Waals surface area contributed by atoms with Crippen LogP contribution in [0.5, 0.6) is 0 Å². The quantitative estimate of drug-likeness (QED) is 0.343. The number of hydrogen-bond acceptors (Lipinski definition) is 3. The Morgan fingerprint density at radius 2 is 1.46 bits per heavy atom. The summed E-state index contributed by atoms with van der Waals surface area (Å²) in [7, 11) is 0. The van der Waals surface area contributed by atoms with Gasteiger partial charge in [-0.1, -0.05) is 68.7 Å². The zero-order chi connectivity index (χ0) is 23.9. The Balaban J connectivity index is 1.44. The monoisotopic (exact) mass is 480 g/mol. The lowest BCUT2D eigenvalue weighted by molar-refractivity contribution is -0.135. The number of ketones is 1. The van der Waals surface area contributed by atoms with Gasteiger partial charge in [-0.2, -0.15) is 0 Å². The molecular weight excluding hydrogens is 428 g/mol. The van der Waals surface area contributed by atoms with E-state index in [2.05, 4.69) is 28.0 Å². The molecule has 196 valence electrons. The van der Waals surface area contributed by atoms with Crippen LogP contribution in [0, 0.1) is 23.7 Å². The van der Waals surface area contributed by atoms with Crippen molar-refractivity contribution in [3.8, 4) is 0 Å². The zero-order valence-corrected chi connectivity index (χ0v) is 22.5. The topological polar surface area (TPSA) is 23.6 Å². The summed E-state index contributed by atoms with van der Waals surface area (Å²) < 4.78 is 0. The van der Waals surface area contributed by atoms with Gasteiger partial charge in [0.05, 0.1) is 0 Å². The van der Waals surface area contributed by atoms with Gasteiger partial charge in [0.15, 0.2) is 0 Å². The second-order valence-electron chi connectivity index (χ2n) is 12.6. The molecule has 2 fully saturated rings. The molecule has 3 nitrogen and oxygen atoms in total. The van der Waals surface area contributed by atoms with Gasteiger partial charge in [-0.05, 0) is 88.6 Å². The molecule has 0 N–H and O–H groups in total. The van der Waals surface area contributed by atoms with Crippen molar-refractivity contribution in [1.29, 1.82) is 0 Å². The first-order valence-corrected chi connectivity index (χ1v) is 15.6. The van der Waals surface area contributed by atoms with Crippen molar-refractivity contribution in [2.75, 3.05) is 32.7 Å². The molecule has 0 amide bonds. The Bertz CT molecular complexity index is 742. The SMILES string of the molecule is O=C1CCN2CC[C@@H]3C4C=C5CCCCCC[C@H]1[C@@H]2[C@@H]3CCCCCCC/C=C\CCCN(C5)C4. The van der Waals surface area contributed by atoms with Crippen molar-refractivity contribution in [1.82, 2.24) is 9.80 Å². The number of fused-ring (bicyclic) bond motifs is 1. The van der Waals surface area contributed by atoms with Crippen LogP contribution < -0.4 is 0 Å². The normalized spacial score (nSPS) is 39.5. The summed E-state index contributed by atoms with van der Waals surface area (Å²) in [5.41, 5.74) is 1.74. The highest BCUT2D eigenvalue weighted by molar-refractivity contribution is 5.82. The Labute approximate surface area is 215 Å². The summed E-state index contributed by atoms with van der Waals surface area (Å²) in [4.78, 5) is 18.9. The Morgan fingerprint density at radius 3 is 2.37 bits per heavy atom.